The Morgan fingerprint density at radius 3 is 2.51 bits per heavy atom. The number of fused-ring (bicyclic) bond motifs is 1. The van der Waals surface area contributed by atoms with Crippen molar-refractivity contribution in [2.45, 2.75) is 33.4 Å². The zero-order valence-corrected chi connectivity index (χ0v) is 21.9. The van der Waals surface area contributed by atoms with E-state index >= 15 is 0 Å². The third kappa shape index (κ3) is 4.53. The van der Waals surface area contributed by atoms with Crippen LogP contribution in [-0.4, -0.2) is 27.4 Å². The molecule has 2 aromatic carbocycles. The Kier molecular flexibility index (Phi) is 6.62. The van der Waals surface area contributed by atoms with Crippen molar-refractivity contribution in [3.63, 3.8) is 0 Å². The van der Waals surface area contributed by atoms with E-state index in [9.17, 15) is 9.59 Å². The van der Waals surface area contributed by atoms with Gasteiger partial charge in [0.2, 0.25) is 0 Å². The maximum atomic E-state index is 13.8. The van der Waals surface area contributed by atoms with E-state index < -0.39 is 6.04 Å². The Labute approximate surface area is 217 Å². The Morgan fingerprint density at radius 1 is 1.14 bits per heavy atom. The van der Waals surface area contributed by atoms with Crippen LogP contribution < -0.4 is 24.9 Å². The predicted octanol–water partition coefficient (Wildman–Crippen LogP) is 3.41. The van der Waals surface area contributed by atoms with Crippen LogP contribution in [0.25, 0.3) is 6.08 Å². The fraction of sp³-hybridized carbons (Fsp3) is 0.214. The molecule has 5 rings (SSSR count). The summed E-state index contributed by atoms with van der Waals surface area (Å²) < 4.78 is 9.37. The number of benzene rings is 2. The molecule has 4 aromatic rings. The first kappa shape index (κ1) is 24.5. The molecule has 0 bridgehead atoms. The first-order chi connectivity index (χ1) is 17.9. The number of nitrogens with one attached hydrogen (secondary N) is 1. The molecule has 9 heteroatoms. The van der Waals surface area contributed by atoms with Crippen LogP contribution in [0.5, 0.6) is 5.75 Å². The molecular formula is C28H27N5O3S. The van der Waals surface area contributed by atoms with Gasteiger partial charge in [0.05, 0.1) is 35.2 Å². The van der Waals surface area contributed by atoms with E-state index in [4.69, 9.17) is 9.73 Å². The van der Waals surface area contributed by atoms with Crippen molar-refractivity contribution in [2.24, 2.45) is 4.99 Å². The van der Waals surface area contributed by atoms with Gasteiger partial charge >= 0.3 is 0 Å². The Morgan fingerprint density at radius 2 is 1.86 bits per heavy atom. The summed E-state index contributed by atoms with van der Waals surface area (Å²) in [7, 11) is 1.60. The number of aryl methyl sites for hydroxylation is 1. The van der Waals surface area contributed by atoms with E-state index in [2.05, 4.69) is 10.4 Å². The molecule has 37 heavy (non-hydrogen) atoms. The highest BCUT2D eigenvalue weighted by Crippen LogP contribution is 2.31. The van der Waals surface area contributed by atoms with Gasteiger partial charge in [-0.3, -0.25) is 18.8 Å². The number of anilines is 1. The van der Waals surface area contributed by atoms with Gasteiger partial charge in [-0.05, 0) is 56.7 Å². The first-order valence-corrected chi connectivity index (χ1v) is 12.8. The van der Waals surface area contributed by atoms with Gasteiger partial charge in [-0.1, -0.05) is 41.7 Å². The van der Waals surface area contributed by atoms with E-state index in [0.29, 0.717) is 32.0 Å². The van der Waals surface area contributed by atoms with Gasteiger partial charge in [0, 0.05) is 23.5 Å². The second-order valence-corrected chi connectivity index (χ2v) is 9.69. The summed E-state index contributed by atoms with van der Waals surface area (Å²) in [6.07, 6.45) is 3.62. The maximum Gasteiger partial charge on any atom is 0.271 e. The zero-order valence-electron chi connectivity index (χ0n) is 21.1. The summed E-state index contributed by atoms with van der Waals surface area (Å²) in [5.41, 5.74) is 4.11. The molecule has 0 aliphatic carbocycles. The van der Waals surface area contributed by atoms with Crippen molar-refractivity contribution in [3.8, 4) is 5.75 Å². The number of methoxy groups -OCH3 is 1. The van der Waals surface area contributed by atoms with Gasteiger partial charge in [0.25, 0.3) is 11.5 Å². The van der Waals surface area contributed by atoms with Gasteiger partial charge in [-0.2, -0.15) is 5.10 Å². The largest absolute Gasteiger partial charge is 0.497 e. The molecule has 1 amide bonds. The summed E-state index contributed by atoms with van der Waals surface area (Å²) in [4.78, 5) is 32.7. The summed E-state index contributed by atoms with van der Waals surface area (Å²) >= 11 is 1.31. The van der Waals surface area contributed by atoms with Crippen LogP contribution in [0.15, 0.2) is 81.9 Å². The average Bonchev–Trinajstić information content (AvgIpc) is 3.42. The molecule has 1 unspecified atom stereocenters. The minimum absolute atomic E-state index is 0.203. The lowest BCUT2D eigenvalue weighted by Crippen LogP contribution is -2.40. The SMILES string of the molecule is CCn1ncc(/C=c2/sc3n(c2=O)C(c2ccc(OC)cc2)C(C(=O)Nc2ccccc2)=C(C)N=3)c1C. The number of aromatic nitrogens is 3. The normalized spacial score (nSPS) is 15.4. The minimum Gasteiger partial charge on any atom is -0.497 e. The number of para-hydroxylation sites is 1. The van der Waals surface area contributed by atoms with Gasteiger partial charge < -0.3 is 10.1 Å². The number of allylic oxidation sites excluding steroid dienone is 1. The topological polar surface area (TPSA) is 90.5 Å². The summed E-state index contributed by atoms with van der Waals surface area (Å²) in [5, 5.41) is 7.36. The molecule has 1 atom stereocenters. The van der Waals surface area contributed by atoms with E-state index in [1.54, 1.807) is 17.9 Å². The molecule has 0 spiro atoms. The standard InChI is InChI=1S/C28H27N5O3S/c1-5-32-18(3)20(16-29-32)15-23-27(35)33-25(19-11-13-22(36-4)14-12-19)24(17(2)30-28(33)37-23)26(34)31-21-9-7-6-8-10-21/h6-16,25H,5H2,1-4H3,(H,31,34)/b23-15+. The van der Waals surface area contributed by atoms with Crippen LogP contribution in [0.4, 0.5) is 5.69 Å². The average molecular weight is 514 g/mol. The molecule has 2 aromatic heterocycles. The molecule has 8 nitrogen and oxygen atoms in total. The molecule has 1 aliphatic rings. The van der Waals surface area contributed by atoms with E-state index in [0.717, 1.165) is 23.4 Å². The third-order valence-electron chi connectivity index (χ3n) is 6.46. The van der Waals surface area contributed by atoms with Gasteiger partial charge in [-0.15, -0.1) is 0 Å². The lowest BCUT2D eigenvalue weighted by atomic mass is 9.95. The van der Waals surface area contributed by atoms with Crippen LogP contribution >= 0.6 is 11.3 Å². The van der Waals surface area contributed by atoms with E-state index in [1.807, 2.05) is 86.1 Å². The number of ether oxygens (including phenoxy) is 1. The number of rotatable bonds is 6. The third-order valence-corrected chi connectivity index (χ3v) is 7.44. The van der Waals surface area contributed by atoms with Crippen LogP contribution in [-0.2, 0) is 11.3 Å². The van der Waals surface area contributed by atoms with Crippen molar-refractivity contribution < 1.29 is 9.53 Å². The van der Waals surface area contributed by atoms with Crippen LogP contribution in [0, 0.1) is 6.92 Å². The second kappa shape index (κ2) is 10.0. The van der Waals surface area contributed by atoms with Crippen molar-refractivity contribution in [2.75, 3.05) is 12.4 Å². The van der Waals surface area contributed by atoms with Crippen LogP contribution in [0.1, 0.15) is 36.7 Å². The molecule has 1 aliphatic heterocycles. The zero-order chi connectivity index (χ0) is 26.1. The van der Waals surface area contributed by atoms with Crippen LogP contribution in [0.2, 0.25) is 0 Å². The second-order valence-electron chi connectivity index (χ2n) is 8.68. The van der Waals surface area contributed by atoms with Gasteiger partial charge in [0.1, 0.15) is 5.75 Å². The van der Waals surface area contributed by atoms with Crippen molar-refractivity contribution in [3.05, 3.63) is 109 Å². The number of carbonyl (C=O) groups is 1. The number of hydrogen-bond acceptors (Lipinski definition) is 6. The molecule has 0 saturated heterocycles. The number of hydrogen-bond donors (Lipinski definition) is 1. The van der Waals surface area contributed by atoms with E-state index in [-0.39, 0.29) is 11.5 Å². The number of amides is 1. The molecule has 3 heterocycles. The molecule has 0 fully saturated rings. The fourth-order valence-corrected chi connectivity index (χ4v) is 5.53. The van der Waals surface area contributed by atoms with Crippen molar-refractivity contribution in [1.29, 1.82) is 0 Å². The maximum absolute atomic E-state index is 13.8. The number of thiazole rings is 1. The quantitative estimate of drug-likeness (QED) is 0.428. The first-order valence-electron chi connectivity index (χ1n) is 12.0. The highest BCUT2D eigenvalue weighted by atomic mass is 32.1. The number of nitrogens with zero attached hydrogens (tertiary/aromatic N) is 4. The number of carbonyl (C=O) groups excluding carboxylic acids is 1. The predicted molar refractivity (Wildman–Crippen MR) is 144 cm³/mol. The van der Waals surface area contributed by atoms with Gasteiger partial charge in [-0.25, -0.2) is 4.99 Å². The molecular weight excluding hydrogens is 486 g/mol. The summed E-state index contributed by atoms with van der Waals surface area (Å²) in [6.45, 7) is 6.56. The molecule has 0 radical (unpaired) electrons. The molecule has 1 N–H and O–H groups in total. The lowest BCUT2D eigenvalue weighted by molar-refractivity contribution is -0.113. The highest BCUT2D eigenvalue weighted by molar-refractivity contribution is 7.07. The molecule has 0 saturated carbocycles. The Balaban J connectivity index is 1.67. The minimum atomic E-state index is -0.646. The van der Waals surface area contributed by atoms with E-state index in [1.165, 1.54) is 11.3 Å². The smallest absolute Gasteiger partial charge is 0.271 e. The summed E-state index contributed by atoms with van der Waals surface area (Å²) in [6, 6.07) is 16.0. The fourth-order valence-electron chi connectivity index (χ4n) is 4.50. The Bertz CT molecular complexity index is 1680. The van der Waals surface area contributed by atoms with Gasteiger partial charge in [0.15, 0.2) is 4.80 Å². The summed E-state index contributed by atoms with van der Waals surface area (Å²) in [5.74, 6) is 0.387. The highest BCUT2D eigenvalue weighted by Gasteiger charge is 2.32. The van der Waals surface area contributed by atoms with Crippen molar-refractivity contribution in [1.82, 2.24) is 14.3 Å². The van der Waals surface area contributed by atoms with Crippen molar-refractivity contribution >= 4 is 29.0 Å². The monoisotopic (exact) mass is 513 g/mol. The lowest BCUT2D eigenvalue weighted by Gasteiger charge is -2.25. The van der Waals surface area contributed by atoms with Crippen LogP contribution in [0.3, 0.4) is 0 Å². The molecule has 188 valence electrons. The Hall–Kier alpha value is -4.24.